The highest BCUT2D eigenvalue weighted by molar-refractivity contribution is 5.96. The van der Waals surface area contributed by atoms with E-state index < -0.39 is 10.8 Å². The predicted molar refractivity (Wildman–Crippen MR) is 153 cm³/mol. The largest absolute Gasteiger partial charge is 0.437 e. The highest BCUT2D eigenvalue weighted by Gasteiger charge is 2.39. The van der Waals surface area contributed by atoms with Gasteiger partial charge < -0.3 is 25.6 Å². The number of nitro groups is 1. The predicted octanol–water partition coefficient (Wildman–Crippen LogP) is 5.04. The maximum absolute atomic E-state index is 12.2. The second-order valence-electron chi connectivity index (χ2n) is 10.5. The fraction of sp³-hybridized carbons (Fsp3) is 0.414. The lowest BCUT2D eigenvalue weighted by atomic mass is 9.79. The molecule has 5 rings (SSSR count). The van der Waals surface area contributed by atoms with Gasteiger partial charge in [-0.1, -0.05) is 19.4 Å². The molecule has 2 saturated heterocycles. The number of anilines is 3. The van der Waals surface area contributed by atoms with Gasteiger partial charge in [-0.25, -0.2) is 4.98 Å². The summed E-state index contributed by atoms with van der Waals surface area (Å²) in [7, 11) is 2.27. The summed E-state index contributed by atoms with van der Waals surface area (Å²) >= 11 is 0. The number of hydrogen-bond donors (Lipinski definition) is 2. The molecular formula is C29H35N7O4. The van der Waals surface area contributed by atoms with Crippen molar-refractivity contribution in [2.24, 2.45) is 5.73 Å². The average molecular weight is 546 g/mol. The van der Waals surface area contributed by atoms with Crippen LogP contribution in [0.25, 0.3) is 0 Å². The number of amides is 1. The van der Waals surface area contributed by atoms with Gasteiger partial charge in [-0.3, -0.25) is 14.9 Å². The van der Waals surface area contributed by atoms with Crippen LogP contribution < -0.4 is 20.7 Å². The fourth-order valence-electron chi connectivity index (χ4n) is 5.73. The van der Waals surface area contributed by atoms with E-state index in [2.05, 4.69) is 44.3 Å². The Morgan fingerprint density at radius 1 is 1.10 bits per heavy atom. The van der Waals surface area contributed by atoms with Crippen molar-refractivity contribution in [3.63, 3.8) is 0 Å². The first-order valence-corrected chi connectivity index (χ1v) is 13.7. The van der Waals surface area contributed by atoms with Gasteiger partial charge >= 0.3 is 0 Å². The van der Waals surface area contributed by atoms with Gasteiger partial charge in [-0.05, 0) is 76.0 Å². The van der Waals surface area contributed by atoms with Crippen molar-refractivity contribution in [1.29, 1.82) is 0 Å². The number of primary amides is 1. The quantitative estimate of drug-likeness (QED) is 0.294. The third kappa shape index (κ3) is 5.69. The molecule has 210 valence electrons. The molecule has 0 unspecified atom stereocenters. The van der Waals surface area contributed by atoms with Crippen molar-refractivity contribution < 1.29 is 14.5 Å². The Morgan fingerprint density at radius 3 is 2.50 bits per heavy atom. The average Bonchev–Trinajstić information content (AvgIpc) is 2.96. The maximum atomic E-state index is 12.2. The number of nitrogens with one attached hydrogen (secondary N) is 1. The number of piperidine rings is 2. The van der Waals surface area contributed by atoms with Crippen molar-refractivity contribution >= 4 is 28.8 Å². The molecule has 3 heterocycles. The molecular weight excluding hydrogens is 510 g/mol. The van der Waals surface area contributed by atoms with Crippen LogP contribution in [0.1, 0.15) is 55.2 Å². The number of hydrogen-bond acceptors (Lipinski definition) is 9. The van der Waals surface area contributed by atoms with Gasteiger partial charge in [0.1, 0.15) is 11.4 Å². The van der Waals surface area contributed by atoms with Crippen LogP contribution in [0, 0.1) is 10.1 Å². The van der Waals surface area contributed by atoms with Crippen LogP contribution in [-0.4, -0.2) is 57.9 Å². The van der Waals surface area contributed by atoms with E-state index in [0.29, 0.717) is 23.3 Å². The molecule has 0 saturated carbocycles. The molecule has 3 N–H and O–H groups in total. The molecule has 1 amide bonds. The number of likely N-dealkylation sites (tertiary alicyclic amines) is 1. The van der Waals surface area contributed by atoms with Crippen LogP contribution >= 0.6 is 0 Å². The summed E-state index contributed by atoms with van der Waals surface area (Å²) in [5.74, 6) is -0.193. The number of carbonyl (C=O) groups excluding carboxylic acids is 1. The third-order valence-electron chi connectivity index (χ3n) is 8.13. The van der Waals surface area contributed by atoms with Crippen molar-refractivity contribution in [2.45, 2.75) is 51.0 Å². The summed E-state index contributed by atoms with van der Waals surface area (Å²) < 4.78 is 5.88. The number of nitro benzene ring substituents is 1. The van der Waals surface area contributed by atoms with Crippen LogP contribution in [0.4, 0.5) is 22.9 Å². The first-order valence-electron chi connectivity index (χ1n) is 13.7. The topological polar surface area (TPSA) is 140 Å². The summed E-state index contributed by atoms with van der Waals surface area (Å²) in [4.78, 5) is 36.8. The Labute approximate surface area is 233 Å². The highest BCUT2D eigenvalue weighted by atomic mass is 16.6. The number of carbonyl (C=O) groups is 1. The van der Waals surface area contributed by atoms with Gasteiger partial charge in [0.2, 0.25) is 5.88 Å². The molecule has 40 heavy (non-hydrogen) atoms. The zero-order chi connectivity index (χ0) is 28.3. The van der Waals surface area contributed by atoms with Gasteiger partial charge in [-0.15, -0.1) is 0 Å². The second kappa shape index (κ2) is 11.5. The number of nitrogens with zero attached hydrogens (tertiary/aromatic N) is 5. The highest BCUT2D eigenvalue weighted by Crippen LogP contribution is 2.38. The van der Waals surface area contributed by atoms with Gasteiger partial charge in [-0.2, -0.15) is 4.98 Å². The molecule has 2 aliphatic rings. The molecule has 1 aromatic heterocycles. The Hall–Kier alpha value is -4.25. The first kappa shape index (κ1) is 27.3. The van der Waals surface area contributed by atoms with Gasteiger partial charge in [0.05, 0.1) is 11.0 Å². The summed E-state index contributed by atoms with van der Waals surface area (Å²) in [6.45, 7) is 5.07. The smallest absolute Gasteiger partial charge is 0.273 e. The van der Waals surface area contributed by atoms with E-state index in [0.717, 1.165) is 31.6 Å². The summed E-state index contributed by atoms with van der Waals surface area (Å²) in [5.41, 5.74) is 8.13. The number of aryl methyl sites for hydroxylation is 1. The molecule has 0 bridgehead atoms. The molecule has 0 atom stereocenters. The number of benzene rings is 2. The number of nitrogens with two attached hydrogens (primary N) is 1. The van der Waals surface area contributed by atoms with Crippen molar-refractivity contribution in [1.82, 2.24) is 14.9 Å². The molecule has 0 radical (unpaired) electrons. The van der Waals surface area contributed by atoms with Crippen molar-refractivity contribution in [3.8, 4) is 11.6 Å². The molecule has 2 aliphatic heterocycles. The summed E-state index contributed by atoms with van der Waals surface area (Å²) in [6, 6.07) is 13.8. The monoisotopic (exact) mass is 545 g/mol. The van der Waals surface area contributed by atoms with Gasteiger partial charge in [0.15, 0.2) is 11.5 Å². The SMILES string of the molecule is CCc1nc(C(N)=O)c(Nc2ccc(N3CCC4(CCCCN4C)CC3)cc2)nc1Oc1cccc([N+](=O)[O-])c1. The van der Waals surface area contributed by atoms with Crippen molar-refractivity contribution in [3.05, 3.63) is 70.0 Å². The second-order valence-corrected chi connectivity index (χ2v) is 10.5. The summed E-state index contributed by atoms with van der Waals surface area (Å²) in [6.07, 6.45) is 6.64. The Bertz CT molecular complexity index is 1390. The summed E-state index contributed by atoms with van der Waals surface area (Å²) in [5, 5.41) is 14.3. The maximum Gasteiger partial charge on any atom is 0.273 e. The lowest BCUT2D eigenvalue weighted by Crippen LogP contribution is -2.56. The Morgan fingerprint density at radius 2 is 1.85 bits per heavy atom. The molecule has 11 nitrogen and oxygen atoms in total. The zero-order valence-electron chi connectivity index (χ0n) is 22.9. The standard InChI is InChI=1S/C29H35N7O4/c1-3-24-28(40-23-8-6-7-22(19-23)36(38)39)33-27(25(32-24)26(30)37)31-20-9-11-21(12-10-20)35-17-14-29(15-18-35)13-4-5-16-34(29)2/h6-12,19H,3-5,13-18H2,1-2H3,(H2,30,37)(H,31,33). The van der Waals surface area contributed by atoms with Crippen molar-refractivity contribution in [2.75, 3.05) is 36.9 Å². The van der Waals surface area contributed by atoms with Gasteiger partial charge in [0, 0.05) is 36.1 Å². The number of aromatic nitrogens is 2. The Balaban J connectivity index is 1.33. The molecule has 0 aliphatic carbocycles. The minimum absolute atomic E-state index is 0.00903. The van der Waals surface area contributed by atoms with Crippen LogP contribution in [0.3, 0.4) is 0 Å². The van der Waals surface area contributed by atoms with Crippen LogP contribution in [0.15, 0.2) is 48.5 Å². The van der Waals surface area contributed by atoms with E-state index >= 15 is 0 Å². The lowest BCUT2D eigenvalue weighted by Gasteiger charge is -2.50. The van der Waals surface area contributed by atoms with E-state index in [9.17, 15) is 14.9 Å². The van der Waals surface area contributed by atoms with E-state index in [1.807, 2.05) is 19.1 Å². The molecule has 3 aromatic rings. The van der Waals surface area contributed by atoms with Crippen LogP contribution in [0.2, 0.25) is 0 Å². The normalized spacial score (nSPS) is 17.0. The van der Waals surface area contributed by atoms with E-state index in [1.54, 1.807) is 6.07 Å². The zero-order valence-corrected chi connectivity index (χ0v) is 22.9. The molecule has 1 spiro atoms. The van der Waals surface area contributed by atoms with E-state index in [4.69, 9.17) is 10.5 Å². The third-order valence-corrected chi connectivity index (χ3v) is 8.13. The molecule has 2 fully saturated rings. The van der Waals surface area contributed by atoms with Gasteiger partial charge in [0.25, 0.3) is 11.6 Å². The first-order chi connectivity index (χ1) is 19.3. The van der Waals surface area contributed by atoms with E-state index in [1.165, 1.54) is 44.0 Å². The van der Waals surface area contributed by atoms with Crippen LogP contribution in [0.5, 0.6) is 11.6 Å². The minimum atomic E-state index is -0.724. The molecule has 11 heteroatoms. The lowest BCUT2D eigenvalue weighted by molar-refractivity contribution is -0.384. The van der Waals surface area contributed by atoms with E-state index in [-0.39, 0.29) is 28.8 Å². The number of non-ortho nitro benzene ring substituents is 1. The number of rotatable bonds is 8. The minimum Gasteiger partial charge on any atom is -0.437 e. The van der Waals surface area contributed by atoms with Crippen LogP contribution in [-0.2, 0) is 6.42 Å². The fourth-order valence-corrected chi connectivity index (χ4v) is 5.73. The number of ether oxygens (including phenoxy) is 1. The molecule has 2 aromatic carbocycles. The Kier molecular flexibility index (Phi) is 7.83.